The van der Waals surface area contributed by atoms with Crippen LogP contribution < -0.4 is 5.32 Å². The van der Waals surface area contributed by atoms with Crippen LogP contribution in [0.2, 0.25) is 0 Å². The number of carbonyl (C=O) groups is 2. The third-order valence-electron chi connectivity index (χ3n) is 1.94. The number of rotatable bonds is 8. The van der Waals surface area contributed by atoms with E-state index in [1.54, 1.807) is 0 Å². The van der Waals surface area contributed by atoms with E-state index in [2.05, 4.69) is 12.2 Å². The van der Waals surface area contributed by atoms with E-state index in [0.717, 1.165) is 19.3 Å². The Bertz CT molecular complexity index is 186. The fraction of sp³-hybridized carbons (Fsp3) is 0.800. The molecule has 0 saturated carbocycles. The Kier molecular flexibility index (Phi) is 13.9. The van der Waals surface area contributed by atoms with Gasteiger partial charge in [-0.05, 0) is 6.42 Å². The van der Waals surface area contributed by atoms with Crippen molar-refractivity contribution in [3.8, 4) is 0 Å². The molecular formula is C10H20NNaO3. The van der Waals surface area contributed by atoms with Gasteiger partial charge in [0.15, 0.2) is 0 Å². The number of aliphatic carboxylic acids is 1. The van der Waals surface area contributed by atoms with Crippen molar-refractivity contribution in [3.05, 3.63) is 0 Å². The quantitative estimate of drug-likeness (QED) is 0.476. The molecule has 0 bridgehead atoms. The predicted octanol–water partition coefficient (Wildman–Crippen LogP) is 0.899. The number of unbranched alkanes of at least 4 members (excludes halogenated alkanes) is 4. The zero-order chi connectivity index (χ0) is 10.8. The van der Waals surface area contributed by atoms with E-state index in [9.17, 15) is 9.59 Å². The molecule has 0 aliphatic carbocycles. The van der Waals surface area contributed by atoms with Gasteiger partial charge < -0.3 is 10.4 Å². The first-order valence-electron chi connectivity index (χ1n) is 5.15. The van der Waals surface area contributed by atoms with Crippen molar-refractivity contribution in [2.75, 3.05) is 6.54 Å². The molecule has 0 aliphatic heterocycles. The Balaban J connectivity index is 0. The molecule has 0 saturated heterocycles. The van der Waals surface area contributed by atoms with E-state index in [4.69, 9.17) is 5.11 Å². The van der Waals surface area contributed by atoms with Gasteiger partial charge in [-0.3, -0.25) is 9.59 Å². The summed E-state index contributed by atoms with van der Waals surface area (Å²) in [4.78, 5) is 21.1. The van der Waals surface area contributed by atoms with Gasteiger partial charge in [0.05, 0.1) is 0 Å². The van der Waals surface area contributed by atoms with Crippen molar-refractivity contribution in [1.29, 1.82) is 0 Å². The van der Waals surface area contributed by atoms with Crippen molar-refractivity contribution in [3.63, 3.8) is 0 Å². The van der Waals surface area contributed by atoms with Crippen molar-refractivity contribution >= 4 is 41.4 Å². The Morgan fingerprint density at radius 2 is 1.73 bits per heavy atom. The molecule has 0 aliphatic rings. The first-order chi connectivity index (χ1) is 6.66. The van der Waals surface area contributed by atoms with Crippen molar-refractivity contribution in [1.82, 2.24) is 5.32 Å². The Morgan fingerprint density at radius 3 is 2.27 bits per heavy atom. The van der Waals surface area contributed by atoms with Crippen LogP contribution in [0.25, 0.3) is 0 Å². The molecule has 0 aromatic heterocycles. The molecule has 5 heteroatoms. The van der Waals surface area contributed by atoms with Crippen molar-refractivity contribution in [2.45, 2.75) is 45.4 Å². The van der Waals surface area contributed by atoms with E-state index in [-0.39, 0.29) is 42.0 Å². The fourth-order valence-corrected chi connectivity index (χ4v) is 1.15. The predicted molar refractivity (Wildman–Crippen MR) is 61.2 cm³/mol. The molecule has 0 spiro atoms. The second-order valence-corrected chi connectivity index (χ2v) is 3.33. The molecule has 2 N–H and O–H groups in total. The van der Waals surface area contributed by atoms with E-state index >= 15 is 0 Å². The van der Waals surface area contributed by atoms with Crippen LogP contribution in [0.3, 0.4) is 0 Å². The van der Waals surface area contributed by atoms with Crippen LogP contribution in [-0.4, -0.2) is 53.1 Å². The van der Waals surface area contributed by atoms with Crippen LogP contribution in [0.15, 0.2) is 0 Å². The Labute approximate surface area is 113 Å². The van der Waals surface area contributed by atoms with Gasteiger partial charge in [0.1, 0.15) is 6.54 Å². The summed E-state index contributed by atoms with van der Waals surface area (Å²) in [5.74, 6) is -1.16. The fourth-order valence-electron chi connectivity index (χ4n) is 1.15. The van der Waals surface area contributed by atoms with E-state index in [1.165, 1.54) is 12.8 Å². The third kappa shape index (κ3) is 13.9. The minimum absolute atomic E-state index is 0. The second kappa shape index (κ2) is 12.0. The van der Waals surface area contributed by atoms with Crippen LogP contribution >= 0.6 is 0 Å². The summed E-state index contributed by atoms with van der Waals surface area (Å²) in [5.41, 5.74) is 0. The van der Waals surface area contributed by atoms with Crippen molar-refractivity contribution < 1.29 is 14.7 Å². The number of amides is 1. The van der Waals surface area contributed by atoms with Gasteiger partial charge in [0, 0.05) is 6.42 Å². The summed E-state index contributed by atoms with van der Waals surface area (Å²) >= 11 is 0. The molecular weight excluding hydrogens is 205 g/mol. The van der Waals surface area contributed by atoms with Crippen LogP contribution in [0.4, 0.5) is 0 Å². The van der Waals surface area contributed by atoms with Gasteiger partial charge in [-0.1, -0.05) is 32.6 Å². The molecule has 1 amide bonds. The molecule has 0 unspecified atom stereocenters. The molecule has 0 aromatic rings. The molecule has 15 heavy (non-hydrogen) atoms. The van der Waals surface area contributed by atoms with Crippen LogP contribution in [0.1, 0.15) is 45.4 Å². The van der Waals surface area contributed by atoms with Gasteiger partial charge in [0.25, 0.3) is 0 Å². The molecule has 84 valence electrons. The van der Waals surface area contributed by atoms with Gasteiger partial charge in [-0.2, -0.15) is 0 Å². The minimum atomic E-state index is -0.996. The average Bonchev–Trinajstić information content (AvgIpc) is 2.14. The van der Waals surface area contributed by atoms with Crippen LogP contribution in [0, 0.1) is 0 Å². The summed E-state index contributed by atoms with van der Waals surface area (Å²) < 4.78 is 0. The summed E-state index contributed by atoms with van der Waals surface area (Å²) in [6.45, 7) is 1.87. The van der Waals surface area contributed by atoms with Crippen LogP contribution in [-0.2, 0) is 9.59 Å². The van der Waals surface area contributed by atoms with Crippen LogP contribution in [0.5, 0.6) is 0 Å². The number of hydrogen-bond donors (Lipinski definition) is 2. The molecule has 0 fully saturated rings. The zero-order valence-electron chi connectivity index (χ0n) is 8.71. The molecule has 0 rings (SSSR count). The SMILES string of the molecule is CCCCCCCC(=O)NCC(=O)O.[NaH]. The molecule has 0 aromatic carbocycles. The first kappa shape index (κ1) is 17.3. The molecule has 0 atom stereocenters. The summed E-state index contributed by atoms with van der Waals surface area (Å²) in [6, 6.07) is 0. The summed E-state index contributed by atoms with van der Waals surface area (Å²) in [5, 5.41) is 10.6. The van der Waals surface area contributed by atoms with Gasteiger partial charge >= 0.3 is 35.5 Å². The monoisotopic (exact) mass is 225 g/mol. The number of hydrogen-bond acceptors (Lipinski definition) is 2. The Morgan fingerprint density at radius 1 is 1.13 bits per heavy atom. The topological polar surface area (TPSA) is 66.4 Å². The number of nitrogens with one attached hydrogen (secondary N) is 1. The molecule has 0 heterocycles. The number of carboxylic acids is 1. The maximum absolute atomic E-state index is 11.0. The van der Waals surface area contributed by atoms with Crippen molar-refractivity contribution in [2.24, 2.45) is 0 Å². The zero-order valence-corrected chi connectivity index (χ0v) is 8.71. The Hall–Kier alpha value is -0.0600. The number of carbonyl (C=O) groups excluding carboxylic acids is 1. The van der Waals surface area contributed by atoms with Gasteiger partial charge in [-0.25, -0.2) is 0 Å². The number of carboxylic acid groups (broad SMARTS) is 1. The maximum atomic E-state index is 11.0. The van der Waals surface area contributed by atoms with Gasteiger partial charge in [-0.15, -0.1) is 0 Å². The van der Waals surface area contributed by atoms with Gasteiger partial charge in [0.2, 0.25) is 5.91 Å². The van der Waals surface area contributed by atoms with E-state index in [1.807, 2.05) is 0 Å². The molecule has 4 nitrogen and oxygen atoms in total. The second-order valence-electron chi connectivity index (χ2n) is 3.33. The molecule has 0 radical (unpaired) electrons. The summed E-state index contributed by atoms with van der Waals surface area (Å²) in [7, 11) is 0. The first-order valence-corrected chi connectivity index (χ1v) is 5.15. The average molecular weight is 225 g/mol. The third-order valence-corrected chi connectivity index (χ3v) is 1.94. The van der Waals surface area contributed by atoms with E-state index < -0.39 is 5.97 Å². The van der Waals surface area contributed by atoms with E-state index in [0.29, 0.717) is 6.42 Å². The normalized spacial score (nSPS) is 9.13. The standard InChI is InChI=1S/C10H19NO3.Na.H/c1-2-3-4-5-6-7-9(12)11-8-10(13)14;;/h2-8H2,1H3,(H,11,12)(H,13,14);;. The summed E-state index contributed by atoms with van der Waals surface area (Å²) in [6.07, 6.45) is 5.89.